The lowest BCUT2D eigenvalue weighted by Crippen LogP contribution is -2.28. The molecule has 0 aliphatic carbocycles. The van der Waals surface area contributed by atoms with E-state index in [-0.39, 0.29) is 5.97 Å². The van der Waals surface area contributed by atoms with Gasteiger partial charge in [-0.3, -0.25) is 0 Å². The Balaban J connectivity index is 2.73. The molecule has 0 atom stereocenters. The molecule has 0 saturated carbocycles. The van der Waals surface area contributed by atoms with Gasteiger partial charge in [-0.2, -0.15) is 0 Å². The summed E-state index contributed by atoms with van der Waals surface area (Å²) < 4.78 is 11.4. The van der Waals surface area contributed by atoms with Crippen LogP contribution in [0, 0.1) is 0 Å². The molecule has 0 unspecified atom stereocenters. The number of nitrogens with one attached hydrogen (secondary N) is 1. The van der Waals surface area contributed by atoms with Gasteiger partial charge in [0.15, 0.2) is 0 Å². The number of rotatable bonds is 16. The molecule has 29 heavy (non-hydrogen) atoms. The molecule has 0 aliphatic heterocycles. The quantitative estimate of drug-likeness (QED) is 0.329. The maximum absolute atomic E-state index is 12.5. The monoisotopic (exact) mass is 407 g/mol. The lowest BCUT2D eigenvalue weighted by Gasteiger charge is -2.20. The predicted molar refractivity (Wildman–Crippen MR) is 121 cm³/mol. The SMILES string of the molecule is CCCCOc1cc(C(=O)OCCN(CC)CC)ccc1NCCN(CC)CC. The Labute approximate surface area is 177 Å². The molecular weight excluding hydrogens is 366 g/mol. The second kappa shape index (κ2) is 15.1. The van der Waals surface area contributed by atoms with Crippen molar-refractivity contribution in [3.05, 3.63) is 23.8 Å². The van der Waals surface area contributed by atoms with Crippen molar-refractivity contribution in [2.75, 3.05) is 64.3 Å². The number of unbranched alkanes of at least 4 members (excludes halogenated alkanes) is 1. The van der Waals surface area contributed by atoms with E-state index in [4.69, 9.17) is 9.47 Å². The van der Waals surface area contributed by atoms with Crippen LogP contribution >= 0.6 is 0 Å². The molecule has 166 valence electrons. The van der Waals surface area contributed by atoms with Crippen molar-refractivity contribution in [1.82, 2.24) is 9.80 Å². The molecule has 0 aliphatic rings. The molecule has 0 amide bonds. The van der Waals surface area contributed by atoms with E-state index in [0.717, 1.165) is 70.1 Å². The summed E-state index contributed by atoms with van der Waals surface area (Å²) in [6.07, 6.45) is 2.05. The zero-order valence-electron chi connectivity index (χ0n) is 19.1. The molecule has 6 heteroatoms. The third kappa shape index (κ3) is 9.50. The van der Waals surface area contributed by atoms with Crippen LogP contribution in [0.4, 0.5) is 5.69 Å². The van der Waals surface area contributed by atoms with E-state index in [0.29, 0.717) is 18.8 Å². The minimum absolute atomic E-state index is 0.299. The van der Waals surface area contributed by atoms with Gasteiger partial charge in [0, 0.05) is 19.6 Å². The van der Waals surface area contributed by atoms with E-state index in [1.807, 2.05) is 12.1 Å². The van der Waals surface area contributed by atoms with Crippen LogP contribution < -0.4 is 10.1 Å². The van der Waals surface area contributed by atoms with Crippen LogP contribution in [0.3, 0.4) is 0 Å². The van der Waals surface area contributed by atoms with E-state index >= 15 is 0 Å². The summed E-state index contributed by atoms with van der Waals surface area (Å²) in [6, 6.07) is 5.53. The average Bonchev–Trinajstić information content (AvgIpc) is 2.75. The second-order valence-electron chi connectivity index (χ2n) is 7.03. The first-order valence-electron chi connectivity index (χ1n) is 11.2. The Kier molecular flexibility index (Phi) is 13.1. The highest BCUT2D eigenvalue weighted by Gasteiger charge is 2.13. The lowest BCUT2D eigenvalue weighted by atomic mass is 10.2. The number of carbonyl (C=O) groups is 1. The summed E-state index contributed by atoms with van der Waals surface area (Å²) in [5.41, 5.74) is 1.46. The largest absolute Gasteiger partial charge is 0.491 e. The van der Waals surface area contributed by atoms with E-state index in [1.54, 1.807) is 6.07 Å². The molecule has 1 aromatic carbocycles. The molecule has 1 rings (SSSR count). The van der Waals surface area contributed by atoms with Gasteiger partial charge in [0.2, 0.25) is 0 Å². The summed E-state index contributed by atoms with van der Waals surface area (Å²) in [5.74, 6) is 0.420. The topological polar surface area (TPSA) is 54.0 Å². The smallest absolute Gasteiger partial charge is 0.338 e. The first-order valence-corrected chi connectivity index (χ1v) is 11.2. The van der Waals surface area contributed by atoms with Gasteiger partial charge in [-0.15, -0.1) is 0 Å². The minimum atomic E-state index is -0.299. The third-order valence-corrected chi connectivity index (χ3v) is 5.15. The van der Waals surface area contributed by atoms with E-state index in [1.165, 1.54) is 0 Å². The van der Waals surface area contributed by atoms with Crippen molar-refractivity contribution in [2.45, 2.75) is 47.5 Å². The highest BCUT2D eigenvalue weighted by molar-refractivity contribution is 5.90. The van der Waals surface area contributed by atoms with Crippen molar-refractivity contribution in [3.63, 3.8) is 0 Å². The first kappa shape index (κ1) is 25.2. The van der Waals surface area contributed by atoms with Crippen molar-refractivity contribution < 1.29 is 14.3 Å². The number of likely N-dealkylation sites (N-methyl/N-ethyl adjacent to an activating group) is 2. The Bertz CT molecular complexity index is 572. The van der Waals surface area contributed by atoms with Crippen molar-refractivity contribution in [3.8, 4) is 5.75 Å². The van der Waals surface area contributed by atoms with Crippen LogP contribution in [0.1, 0.15) is 57.8 Å². The number of esters is 1. The van der Waals surface area contributed by atoms with Crippen molar-refractivity contribution in [2.24, 2.45) is 0 Å². The Morgan fingerprint density at radius 2 is 1.59 bits per heavy atom. The van der Waals surface area contributed by atoms with Crippen LogP contribution in [0.5, 0.6) is 5.75 Å². The van der Waals surface area contributed by atoms with Gasteiger partial charge in [0.1, 0.15) is 12.4 Å². The Hall–Kier alpha value is -1.79. The van der Waals surface area contributed by atoms with Gasteiger partial charge in [-0.1, -0.05) is 41.0 Å². The molecule has 0 saturated heterocycles. The predicted octanol–water partition coefficient (Wildman–Crippen LogP) is 4.12. The van der Waals surface area contributed by atoms with Gasteiger partial charge < -0.3 is 24.6 Å². The first-order chi connectivity index (χ1) is 14.1. The molecule has 6 nitrogen and oxygen atoms in total. The number of carbonyl (C=O) groups excluding carboxylic acids is 1. The lowest BCUT2D eigenvalue weighted by molar-refractivity contribution is 0.0466. The molecular formula is C23H41N3O3. The zero-order chi connectivity index (χ0) is 21.5. The molecule has 1 N–H and O–H groups in total. The third-order valence-electron chi connectivity index (χ3n) is 5.15. The molecule has 0 spiro atoms. The van der Waals surface area contributed by atoms with Crippen LogP contribution in [-0.2, 0) is 4.74 Å². The summed E-state index contributed by atoms with van der Waals surface area (Å²) in [6.45, 7) is 18.3. The standard InChI is InChI=1S/C23H41N3O3/c1-6-11-17-28-22-19-20(23(27)29-18-16-26(9-4)10-5)12-13-21(22)24-14-15-25(7-2)8-3/h12-13,19,24H,6-11,14-18H2,1-5H3. The average molecular weight is 408 g/mol. The van der Waals surface area contributed by atoms with Gasteiger partial charge >= 0.3 is 5.97 Å². The molecule has 0 bridgehead atoms. The Morgan fingerprint density at radius 1 is 0.931 bits per heavy atom. The van der Waals surface area contributed by atoms with Crippen LogP contribution in [0.2, 0.25) is 0 Å². The highest BCUT2D eigenvalue weighted by atomic mass is 16.5. The van der Waals surface area contributed by atoms with Crippen LogP contribution in [0.25, 0.3) is 0 Å². The maximum Gasteiger partial charge on any atom is 0.338 e. The number of hydrogen-bond donors (Lipinski definition) is 1. The van der Waals surface area contributed by atoms with Gasteiger partial charge in [-0.25, -0.2) is 4.79 Å². The van der Waals surface area contributed by atoms with E-state index in [9.17, 15) is 4.79 Å². The second-order valence-corrected chi connectivity index (χ2v) is 7.03. The van der Waals surface area contributed by atoms with Crippen LogP contribution in [-0.4, -0.2) is 74.8 Å². The Morgan fingerprint density at radius 3 is 2.21 bits per heavy atom. The fourth-order valence-electron chi connectivity index (χ4n) is 3.02. The molecule has 0 aromatic heterocycles. The fourth-order valence-corrected chi connectivity index (χ4v) is 3.02. The van der Waals surface area contributed by atoms with Gasteiger partial charge in [0.05, 0.1) is 17.9 Å². The normalized spacial score (nSPS) is 11.1. The van der Waals surface area contributed by atoms with Crippen molar-refractivity contribution >= 4 is 11.7 Å². The highest BCUT2D eigenvalue weighted by Crippen LogP contribution is 2.26. The number of hydrogen-bond acceptors (Lipinski definition) is 6. The number of benzene rings is 1. The van der Waals surface area contributed by atoms with Gasteiger partial charge in [-0.05, 0) is 50.8 Å². The van der Waals surface area contributed by atoms with Crippen molar-refractivity contribution in [1.29, 1.82) is 0 Å². The summed E-state index contributed by atoms with van der Waals surface area (Å²) in [4.78, 5) is 17.1. The molecule has 0 fully saturated rings. The van der Waals surface area contributed by atoms with E-state index < -0.39 is 0 Å². The fraction of sp³-hybridized carbons (Fsp3) is 0.696. The van der Waals surface area contributed by atoms with E-state index in [2.05, 4.69) is 49.7 Å². The summed E-state index contributed by atoms with van der Waals surface area (Å²) >= 11 is 0. The number of anilines is 1. The molecule has 0 radical (unpaired) electrons. The zero-order valence-corrected chi connectivity index (χ0v) is 19.1. The molecule has 0 heterocycles. The minimum Gasteiger partial charge on any atom is -0.491 e. The summed E-state index contributed by atoms with van der Waals surface area (Å²) in [5, 5.41) is 3.45. The number of nitrogens with zero attached hydrogens (tertiary/aromatic N) is 2. The number of ether oxygens (including phenoxy) is 2. The van der Waals surface area contributed by atoms with Crippen LogP contribution in [0.15, 0.2) is 18.2 Å². The maximum atomic E-state index is 12.5. The summed E-state index contributed by atoms with van der Waals surface area (Å²) in [7, 11) is 0. The molecule has 1 aromatic rings. The van der Waals surface area contributed by atoms with Gasteiger partial charge in [0.25, 0.3) is 0 Å².